The monoisotopic (exact) mass is 454 g/mol. The molecule has 0 spiro atoms. The predicted octanol–water partition coefficient (Wildman–Crippen LogP) is 3.36. The molecule has 2 heterocycles. The molecule has 0 atom stereocenters. The molecule has 2 amide bonds. The average molecular weight is 455 g/mol. The first kappa shape index (κ1) is 24.6. The second-order valence-corrected chi connectivity index (χ2v) is 9.29. The van der Waals surface area contributed by atoms with E-state index in [1.165, 1.54) is 0 Å². The molecule has 1 aliphatic rings. The van der Waals surface area contributed by atoms with Crippen LogP contribution < -0.4 is 5.32 Å². The highest BCUT2D eigenvalue weighted by atomic mass is 32.1. The molecule has 10 heteroatoms. The standard InChI is InChI=1S/C21H30N2O7S/c1-6-28-19(26)17-13(2)11-16(31-17)22-15(24)12-29-18(25)14-7-9-23(10-8-14)20(27)30-21(3,4)5/h11,14H,6-10,12H2,1-5H3,(H,22,24). The third-order valence-electron chi connectivity index (χ3n) is 4.47. The van der Waals surface area contributed by atoms with Crippen molar-refractivity contribution in [3.63, 3.8) is 0 Å². The quantitative estimate of drug-likeness (QED) is 0.518. The number of thiophene rings is 1. The molecular weight excluding hydrogens is 424 g/mol. The fourth-order valence-electron chi connectivity index (χ4n) is 3.00. The number of likely N-dealkylation sites (tertiary alicyclic amines) is 1. The van der Waals surface area contributed by atoms with Crippen LogP contribution in [0.5, 0.6) is 0 Å². The molecule has 1 aliphatic heterocycles. The summed E-state index contributed by atoms with van der Waals surface area (Å²) in [6.07, 6.45) is 0.506. The van der Waals surface area contributed by atoms with Crippen molar-refractivity contribution in [3.05, 3.63) is 16.5 Å². The van der Waals surface area contributed by atoms with Crippen molar-refractivity contribution in [2.75, 3.05) is 31.6 Å². The van der Waals surface area contributed by atoms with Crippen molar-refractivity contribution in [2.45, 2.75) is 53.1 Å². The molecule has 0 aliphatic carbocycles. The first-order valence-corrected chi connectivity index (χ1v) is 11.0. The van der Waals surface area contributed by atoms with Crippen LogP contribution in [0.25, 0.3) is 0 Å². The number of aryl methyl sites for hydroxylation is 1. The average Bonchev–Trinajstić information content (AvgIpc) is 3.05. The molecule has 1 saturated heterocycles. The lowest BCUT2D eigenvalue weighted by Gasteiger charge is -2.32. The fourth-order valence-corrected chi connectivity index (χ4v) is 3.98. The van der Waals surface area contributed by atoms with E-state index >= 15 is 0 Å². The fraction of sp³-hybridized carbons (Fsp3) is 0.619. The first-order valence-electron chi connectivity index (χ1n) is 10.2. The molecule has 0 saturated carbocycles. The number of carbonyl (C=O) groups is 4. The van der Waals surface area contributed by atoms with Crippen LogP contribution >= 0.6 is 11.3 Å². The number of piperidine rings is 1. The topological polar surface area (TPSA) is 111 Å². The zero-order chi connectivity index (χ0) is 23.2. The Morgan fingerprint density at radius 3 is 2.39 bits per heavy atom. The van der Waals surface area contributed by atoms with Crippen molar-refractivity contribution in [2.24, 2.45) is 5.92 Å². The Bertz CT molecular complexity index is 820. The van der Waals surface area contributed by atoms with Gasteiger partial charge in [-0.25, -0.2) is 9.59 Å². The van der Waals surface area contributed by atoms with E-state index < -0.39 is 36.1 Å². The molecule has 9 nitrogen and oxygen atoms in total. The van der Waals surface area contributed by atoms with E-state index in [-0.39, 0.29) is 12.5 Å². The summed E-state index contributed by atoms with van der Waals surface area (Å²) >= 11 is 1.11. The zero-order valence-corrected chi connectivity index (χ0v) is 19.4. The van der Waals surface area contributed by atoms with Crippen LogP contribution in [0.1, 0.15) is 55.8 Å². The third kappa shape index (κ3) is 7.54. The number of hydrogen-bond acceptors (Lipinski definition) is 8. The molecule has 1 N–H and O–H groups in total. The Hall–Kier alpha value is -2.62. The molecule has 1 aromatic heterocycles. The Labute approximate surface area is 186 Å². The highest BCUT2D eigenvalue weighted by molar-refractivity contribution is 7.18. The van der Waals surface area contributed by atoms with Crippen molar-refractivity contribution < 1.29 is 33.4 Å². The summed E-state index contributed by atoms with van der Waals surface area (Å²) in [5, 5.41) is 3.11. The lowest BCUT2D eigenvalue weighted by Crippen LogP contribution is -2.43. The van der Waals surface area contributed by atoms with E-state index in [2.05, 4.69) is 5.32 Å². The summed E-state index contributed by atoms with van der Waals surface area (Å²) in [7, 11) is 0. The lowest BCUT2D eigenvalue weighted by atomic mass is 9.97. The van der Waals surface area contributed by atoms with Crippen molar-refractivity contribution in [1.29, 1.82) is 0 Å². The highest BCUT2D eigenvalue weighted by Gasteiger charge is 2.31. The van der Waals surface area contributed by atoms with E-state index in [0.717, 1.165) is 11.3 Å². The maximum atomic E-state index is 12.3. The minimum Gasteiger partial charge on any atom is -0.462 e. The highest BCUT2D eigenvalue weighted by Crippen LogP contribution is 2.27. The number of hydrogen-bond donors (Lipinski definition) is 1. The van der Waals surface area contributed by atoms with Crippen molar-refractivity contribution in [1.82, 2.24) is 4.90 Å². The van der Waals surface area contributed by atoms with Gasteiger partial charge >= 0.3 is 18.0 Å². The molecule has 0 aromatic carbocycles. The van der Waals surface area contributed by atoms with Gasteiger partial charge < -0.3 is 24.4 Å². The third-order valence-corrected chi connectivity index (χ3v) is 5.60. The molecule has 2 rings (SSSR count). The molecule has 31 heavy (non-hydrogen) atoms. The molecule has 0 radical (unpaired) electrons. The van der Waals surface area contributed by atoms with Gasteiger partial charge in [-0.2, -0.15) is 0 Å². The number of rotatable bonds is 6. The first-order chi connectivity index (χ1) is 14.5. The second kappa shape index (κ2) is 10.6. The van der Waals surface area contributed by atoms with Gasteiger partial charge in [0.05, 0.1) is 17.5 Å². The Morgan fingerprint density at radius 1 is 1.16 bits per heavy atom. The smallest absolute Gasteiger partial charge is 0.410 e. The predicted molar refractivity (Wildman–Crippen MR) is 115 cm³/mol. The maximum absolute atomic E-state index is 12.3. The molecule has 1 aromatic rings. The van der Waals surface area contributed by atoms with Gasteiger partial charge in [0.25, 0.3) is 5.91 Å². The van der Waals surface area contributed by atoms with E-state index in [0.29, 0.717) is 41.4 Å². The number of esters is 2. The normalized spacial score (nSPS) is 14.7. The number of nitrogens with one attached hydrogen (secondary N) is 1. The Morgan fingerprint density at radius 2 is 1.81 bits per heavy atom. The van der Waals surface area contributed by atoms with E-state index in [1.54, 1.807) is 45.6 Å². The van der Waals surface area contributed by atoms with E-state index in [1.807, 2.05) is 0 Å². The number of carbonyl (C=O) groups excluding carboxylic acids is 4. The van der Waals surface area contributed by atoms with E-state index in [9.17, 15) is 19.2 Å². The summed E-state index contributed by atoms with van der Waals surface area (Å²) in [4.78, 5) is 50.4. The van der Waals surface area contributed by atoms with E-state index in [4.69, 9.17) is 14.2 Å². The number of anilines is 1. The van der Waals surface area contributed by atoms with Gasteiger partial charge in [0.1, 0.15) is 10.5 Å². The van der Waals surface area contributed by atoms with Crippen LogP contribution in [0.2, 0.25) is 0 Å². The number of nitrogens with zero attached hydrogens (tertiary/aromatic N) is 1. The van der Waals surface area contributed by atoms with Gasteiger partial charge in [0, 0.05) is 13.1 Å². The molecule has 172 valence electrons. The van der Waals surface area contributed by atoms with Gasteiger partial charge in [-0.3, -0.25) is 9.59 Å². The van der Waals surface area contributed by atoms with Crippen LogP contribution in [-0.4, -0.2) is 60.7 Å². The SMILES string of the molecule is CCOC(=O)c1sc(NC(=O)COC(=O)C2CCN(C(=O)OC(C)(C)C)CC2)cc1C. The zero-order valence-electron chi connectivity index (χ0n) is 18.6. The lowest BCUT2D eigenvalue weighted by molar-refractivity contribution is -0.153. The van der Waals surface area contributed by atoms with Gasteiger partial charge in [-0.15, -0.1) is 11.3 Å². The van der Waals surface area contributed by atoms with Crippen LogP contribution in [0.3, 0.4) is 0 Å². The summed E-state index contributed by atoms with van der Waals surface area (Å²) in [5.41, 5.74) is 0.130. The summed E-state index contributed by atoms with van der Waals surface area (Å²) in [6.45, 7) is 9.51. The van der Waals surface area contributed by atoms with Gasteiger partial charge in [-0.1, -0.05) is 0 Å². The number of ether oxygens (including phenoxy) is 3. The Balaban J connectivity index is 1.77. The van der Waals surface area contributed by atoms with Crippen LogP contribution in [0, 0.1) is 12.8 Å². The minimum absolute atomic E-state index is 0.268. The van der Waals surface area contributed by atoms with Crippen LogP contribution in [-0.2, 0) is 23.8 Å². The molecule has 1 fully saturated rings. The summed E-state index contributed by atoms with van der Waals surface area (Å²) < 4.78 is 15.5. The largest absolute Gasteiger partial charge is 0.462 e. The van der Waals surface area contributed by atoms with Crippen molar-refractivity contribution >= 4 is 40.3 Å². The molecular formula is C21H30N2O7S. The maximum Gasteiger partial charge on any atom is 0.410 e. The van der Waals surface area contributed by atoms with Gasteiger partial charge in [0.15, 0.2) is 6.61 Å². The second-order valence-electron chi connectivity index (χ2n) is 8.24. The summed E-state index contributed by atoms with van der Waals surface area (Å²) in [6, 6.07) is 1.67. The minimum atomic E-state index is -0.571. The molecule has 0 bridgehead atoms. The van der Waals surface area contributed by atoms with Gasteiger partial charge in [0.2, 0.25) is 0 Å². The van der Waals surface area contributed by atoms with Crippen LogP contribution in [0.4, 0.5) is 9.80 Å². The van der Waals surface area contributed by atoms with Crippen LogP contribution in [0.15, 0.2) is 6.07 Å². The summed E-state index contributed by atoms with van der Waals surface area (Å²) in [5.74, 6) is -1.76. The molecule has 0 unspecified atom stereocenters. The van der Waals surface area contributed by atoms with Gasteiger partial charge in [-0.05, 0) is 59.1 Å². The number of amides is 2. The Kier molecular flexibility index (Phi) is 8.43. The van der Waals surface area contributed by atoms with Crippen molar-refractivity contribution in [3.8, 4) is 0 Å².